The minimum absolute atomic E-state index is 0.0553. The number of carbonyl (C=O) groups excluding carboxylic acids is 2. The number of hydrogen-bond donors (Lipinski definition) is 0. The van der Waals surface area contributed by atoms with E-state index in [0.29, 0.717) is 31.9 Å². The predicted octanol–water partition coefficient (Wildman–Crippen LogP) is 1.22. The van der Waals surface area contributed by atoms with Gasteiger partial charge in [0.1, 0.15) is 0 Å². The molecule has 0 unspecified atom stereocenters. The van der Waals surface area contributed by atoms with Crippen molar-refractivity contribution in [3.05, 3.63) is 29.8 Å². The molecule has 7 nitrogen and oxygen atoms in total. The highest BCUT2D eigenvalue weighted by Gasteiger charge is 2.65. The van der Waals surface area contributed by atoms with Gasteiger partial charge in [-0.3, -0.25) is 9.59 Å². The first kappa shape index (κ1) is 19.4. The van der Waals surface area contributed by atoms with Crippen LogP contribution in [0.4, 0.5) is 0 Å². The van der Waals surface area contributed by atoms with Crippen LogP contribution in [0.5, 0.6) is 0 Å². The molecule has 0 bridgehead atoms. The lowest BCUT2D eigenvalue weighted by molar-refractivity contribution is -0.141. The molecule has 3 heterocycles. The van der Waals surface area contributed by atoms with Crippen molar-refractivity contribution in [1.29, 1.82) is 0 Å². The maximum Gasteiger partial charge on any atom is 0.227 e. The van der Waals surface area contributed by atoms with Crippen molar-refractivity contribution in [1.82, 2.24) is 9.80 Å². The highest BCUT2D eigenvalue weighted by atomic mass is 32.2. The lowest BCUT2D eigenvalue weighted by Gasteiger charge is -2.34. The van der Waals surface area contributed by atoms with E-state index in [0.717, 1.165) is 11.8 Å². The fourth-order valence-electron chi connectivity index (χ4n) is 4.80. The summed E-state index contributed by atoms with van der Waals surface area (Å²) in [5.41, 5.74) is 0.0916. The molecule has 28 heavy (non-hydrogen) atoms. The maximum atomic E-state index is 13.0. The Balaban J connectivity index is 1.51. The van der Waals surface area contributed by atoms with Gasteiger partial charge < -0.3 is 14.5 Å². The minimum atomic E-state index is -3.26. The fraction of sp³-hybridized carbons (Fsp3) is 0.600. The summed E-state index contributed by atoms with van der Waals surface area (Å²) in [6, 6.07) is 6.22. The minimum Gasteiger partial charge on any atom is -0.351 e. The van der Waals surface area contributed by atoms with Crippen molar-refractivity contribution >= 4 is 21.7 Å². The van der Waals surface area contributed by atoms with E-state index in [2.05, 4.69) is 13.8 Å². The Hall–Kier alpha value is -1.93. The summed E-state index contributed by atoms with van der Waals surface area (Å²) in [6.45, 7) is 5.27. The number of sulfone groups is 1. The number of amides is 2. The van der Waals surface area contributed by atoms with Crippen LogP contribution in [0.2, 0.25) is 0 Å². The van der Waals surface area contributed by atoms with Crippen LogP contribution >= 0.6 is 0 Å². The molecule has 1 aromatic carbocycles. The van der Waals surface area contributed by atoms with E-state index < -0.39 is 15.6 Å². The Kier molecular flexibility index (Phi) is 4.54. The van der Waals surface area contributed by atoms with Gasteiger partial charge in [-0.2, -0.15) is 0 Å². The quantitative estimate of drug-likeness (QED) is 0.751. The third-order valence-electron chi connectivity index (χ3n) is 6.28. The zero-order chi connectivity index (χ0) is 20.3. The van der Waals surface area contributed by atoms with E-state index >= 15 is 0 Å². The average Bonchev–Trinajstić information content (AvgIpc) is 3.23. The Morgan fingerprint density at radius 3 is 2.57 bits per heavy atom. The van der Waals surface area contributed by atoms with Crippen LogP contribution in [0.15, 0.2) is 29.2 Å². The molecule has 0 N–H and O–H groups in total. The Labute approximate surface area is 165 Å². The van der Waals surface area contributed by atoms with Crippen LogP contribution < -0.4 is 0 Å². The zero-order valence-corrected chi connectivity index (χ0v) is 17.2. The van der Waals surface area contributed by atoms with E-state index in [4.69, 9.17) is 4.74 Å². The van der Waals surface area contributed by atoms with E-state index in [1.807, 2.05) is 4.90 Å². The van der Waals surface area contributed by atoms with Crippen LogP contribution in [0.3, 0.4) is 0 Å². The van der Waals surface area contributed by atoms with Crippen molar-refractivity contribution < 1.29 is 22.7 Å². The molecular weight excluding hydrogens is 380 g/mol. The summed E-state index contributed by atoms with van der Waals surface area (Å²) >= 11 is 0. The van der Waals surface area contributed by atoms with Gasteiger partial charge in [0.2, 0.25) is 11.8 Å². The summed E-state index contributed by atoms with van der Waals surface area (Å²) < 4.78 is 29.3. The van der Waals surface area contributed by atoms with Gasteiger partial charge in [-0.1, -0.05) is 26.0 Å². The molecule has 1 spiro atoms. The first-order valence-corrected chi connectivity index (χ1v) is 11.6. The van der Waals surface area contributed by atoms with Crippen molar-refractivity contribution in [3.63, 3.8) is 0 Å². The number of nitrogens with zero attached hydrogens (tertiary/aromatic N) is 2. The van der Waals surface area contributed by atoms with Gasteiger partial charge in [0.05, 0.1) is 36.4 Å². The van der Waals surface area contributed by atoms with Gasteiger partial charge >= 0.3 is 0 Å². The molecular formula is C20H26N2O5S. The molecule has 152 valence electrons. The zero-order valence-electron chi connectivity index (χ0n) is 16.4. The number of carbonyl (C=O) groups is 2. The summed E-state index contributed by atoms with van der Waals surface area (Å²) in [5, 5.41) is 0. The highest BCUT2D eigenvalue weighted by Crippen LogP contribution is 2.48. The molecule has 3 saturated heterocycles. The molecule has 0 aromatic heterocycles. The molecule has 1 aromatic rings. The second-order valence-electron chi connectivity index (χ2n) is 8.38. The van der Waals surface area contributed by atoms with Gasteiger partial charge in [-0.05, 0) is 23.6 Å². The highest BCUT2D eigenvalue weighted by molar-refractivity contribution is 7.90. The van der Waals surface area contributed by atoms with E-state index in [-0.39, 0.29) is 35.2 Å². The predicted molar refractivity (Wildman–Crippen MR) is 102 cm³/mol. The topological polar surface area (TPSA) is 84.0 Å². The standard InChI is InChI=1S/C20H26N2O5S/c1-13(2)16-12-27-20-8-9-21(17(20)11-19(24)22(16)20)18(23)10-14-4-6-15(7-5-14)28(3,25)26/h4-7,13,16-17H,8-12H2,1-3H3/t16-,17+,20-/m0/s1. The van der Waals surface area contributed by atoms with Gasteiger partial charge in [0.25, 0.3) is 0 Å². The summed E-state index contributed by atoms with van der Waals surface area (Å²) in [4.78, 5) is 29.6. The SMILES string of the molecule is CC(C)[C@@H]1CO[C@@]23CCN(C(=O)Cc4ccc(S(C)(=O)=O)cc4)[C@@H]2CC(=O)N13. The molecule has 2 amide bonds. The normalized spacial score (nSPS) is 29.5. The van der Waals surface area contributed by atoms with E-state index in [1.165, 1.54) is 12.1 Å². The molecule has 0 aliphatic carbocycles. The summed E-state index contributed by atoms with van der Waals surface area (Å²) in [7, 11) is -3.26. The Bertz CT molecular complexity index is 911. The third kappa shape index (κ3) is 2.93. The number of hydrogen-bond acceptors (Lipinski definition) is 5. The molecule has 3 aliphatic heterocycles. The van der Waals surface area contributed by atoms with Crippen molar-refractivity contribution in [3.8, 4) is 0 Å². The summed E-state index contributed by atoms with van der Waals surface area (Å²) in [6.07, 6.45) is 2.29. The molecule has 3 atom stereocenters. The number of benzene rings is 1. The van der Waals surface area contributed by atoms with Crippen LogP contribution in [0.25, 0.3) is 0 Å². The molecule has 3 aliphatic rings. The Morgan fingerprint density at radius 2 is 1.96 bits per heavy atom. The molecule has 0 saturated carbocycles. The molecule has 0 radical (unpaired) electrons. The second kappa shape index (κ2) is 6.56. The summed E-state index contributed by atoms with van der Waals surface area (Å²) in [5.74, 6) is 0.316. The third-order valence-corrected chi connectivity index (χ3v) is 7.41. The maximum absolute atomic E-state index is 13.0. The number of likely N-dealkylation sites (tertiary alicyclic amines) is 1. The molecule has 8 heteroatoms. The van der Waals surface area contributed by atoms with Gasteiger partial charge in [0.15, 0.2) is 15.6 Å². The lowest BCUT2D eigenvalue weighted by Crippen LogP contribution is -2.51. The van der Waals surface area contributed by atoms with Crippen molar-refractivity contribution in [2.45, 2.75) is 55.8 Å². The van der Waals surface area contributed by atoms with Crippen molar-refractivity contribution in [2.75, 3.05) is 19.4 Å². The van der Waals surface area contributed by atoms with Gasteiger partial charge in [0, 0.05) is 19.2 Å². The van der Waals surface area contributed by atoms with E-state index in [9.17, 15) is 18.0 Å². The number of rotatable bonds is 4. The largest absolute Gasteiger partial charge is 0.351 e. The Morgan fingerprint density at radius 1 is 1.29 bits per heavy atom. The van der Waals surface area contributed by atoms with Crippen molar-refractivity contribution in [2.24, 2.45) is 5.92 Å². The average molecular weight is 407 g/mol. The van der Waals surface area contributed by atoms with Crippen LogP contribution in [0, 0.1) is 5.92 Å². The van der Waals surface area contributed by atoms with E-state index in [1.54, 1.807) is 17.0 Å². The van der Waals surface area contributed by atoms with Crippen LogP contribution in [-0.4, -0.2) is 67.2 Å². The second-order valence-corrected chi connectivity index (χ2v) is 10.4. The fourth-order valence-corrected chi connectivity index (χ4v) is 5.43. The van der Waals surface area contributed by atoms with Crippen LogP contribution in [0.1, 0.15) is 32.3 Å². The lowest BCUT2D eigenvalue weighted by atomic mass is 10.0. The van der Waals surface area contributed by atoms with Gasteiger partial charge in [-0.15, -0.1) is 0 Å². The smallest absolute Gasteiger partial charge is 0.227 e. The first-order valence-electron chi connectivity index (χ1n) is 9.68. The number of ether oxygens (including phenoxy) is 1. The van der Waals surface area contributed by atoms with Gasteiger partial charge in [-0.25, -0.2) is 8.42 Å². The first-order chi connectivity index (χ1) is 13.1. The molecule has 3 fully saturated rings. The van der Waals surface area contributed by atoms with Crippen LogP contribution in [-0.2, 0) is 30.6 Å². The monoisotopic (exact) mass is 406 g/mol. The molecule has 4 rings (SSSR count).